The van der Waals surface area contributed by atoms with Crippen molar-refractivity contribution in [2.24, 2.45) is 23.2 Å². The summed E-state index contributed by atoms with van der Waals surface area (Å²) in [5.41, 5.74) is -1.36. The van der Waals surface area contributed by atoms with E-state index in [9.17, 15) is 14.9 Å². The predicted molar refractivity (Wildman–Crippen MR) is 91.5 cm³/mol. The number of hydrogen-bond acceptors (Lipinski definition) is 4. The van der Waals surface area contributed by atoms with Gasteiger partial charge in [-0.2, -0.15) is 5.26 Å². The van der Waals surface area contributed by atoms with Crippen LogP contribution in [0.4, 0.5) is 0 Å². The highest BCUT2D eigenvalue weighted by Crippen LogP contribution is 2.64. The van der Waals surface area contributed by atoms with Crippen molar-refractivity contribution < 1.29 is 14.3 Å². The summed E-state index contributed by atoms with van der Waals surface area (Å²) in [5.74, 6) is 0.562. The van der Waals surface area contributed by atoms with Gasteiger partial charge in [0.25, 0.3) is 5.91 Å². The van der Waals surface area contributed by atoms with Crippen molar-refractivity contribution in [3.05, 3.63) is 0 Å². The van der Waals surface area contributed by atoms with Crippen LogP contribution in [0.5, 0.6) is 0 Å². The first-order valence-electron chi connectivity index (χ1n) is 9.34. The van der Waals surface area contributed by atoms with Gasteiger partial charge in [-0.15, -0.1) is 11.6 Å². The Bertz CT molecular complexity index is 640. The molecule has 1 amide bonds. The van der Waals surface area contributed by atoms with Gasteiger partial charge in [-0.25, -0.2) is 0 Å². The first kappa shape index (κ1) is 17.1. The zero-order valence-electron chi connectivity index (χ0n) is 14.6. The quantitative estimate of drug-likeness (QED) is 0.601. The topological polar surface area (TPSA) is 79.2 Å². The molecule has 136 valence electrons. The Labute approximate surface area is 153 Å². The molecular weight excluding hydrogens is 340 g/mol. The molecule has 5 nitrogen and oxygen atoms in total. The van der Waals surface area contributed by atoms with Crippen molar-refractivity contribution in [2.45, 2.75) is 68.7 Å². The Balaban J connectivity index is 1.36. The third-order valence-corrected chi connectivity index (χ3v) is 7.22. The Morgan fingerprint density at radius 1 is 1.28 bits per heavy atom. The van der Waals surface area contributed by atoms with Gasteiger partial charge in [0.15, 0.2) is 6.61 Å². The van der Waals surface area contributed by atoms with Crippen LogP contribution in [0.2, 0.25) is 0 Å². The maximum Gasteiger partial charge on any atom is 0.312 e. The molecule has 5 rings (SSSR count). The summed E-state index contributed by atoms with van der Waals surface area (Å²) >= 11 is 6.75. The Hall–Kier alpha value is -1.28. The average molecular weight is 365 g/mol. The summed E-state index contributed by atoms with van der Waals surface area (Å²) in [7, 11) is 0. The molecule has 5 aliphatic carbocycles. The number of hydrogen-bond donors (Lipinski definition) is 1. The van der Waals surface area contributed by atoms with Gasteiger partial charge < -0.3 is 10.1 Å². The van der Waals surface area contributed by atoms with Crippen LogP contribution in [-0.2, 0) is 14.3 Å². The maximum atomic E-state index is 12.8. The third-order valence-electron chi connectivity index (χ3n) is 6.78. The Morgan fingerprint density at radius 3 is 2.44 bits per heavy atom. The van der Waals surface area contributed by atoms with E-state index in [1.807, 2.05) is 0 Å². The molecule has 0 radical (unpaired) electrons. The van der Waals surface area contributed by atoms with E-state index in [1.165, 1.54) is 6.42 Å². The van der Waals surface area contributed by atoms with Crippen molar-refractivity contribution in [3.63, 3.8) is 0 Å². The lowest BCUT2D eigenvalue weighted by Crippen LogP contribution is -2.56. The number of nitrogens with one attached hydrogen (secondary N) is 1. The minimum Gasteiger partial charge on any atom is -0.455 e. The van der Waals surface area contributed by atoms with Crippen molar-refractivity contribution in [3.8, 4) is 6.07 Å². The van der Waals surface area contributed by atoms with E-state index in [0.29, 0.717) is 18.3 Å². The van der Waals surface area contributed by atoms with Crippen LogP contribution in [0.1, 0.15) is 58.3 Å². The zero-order chi connectivity index (χ0) is 17.9. The standard InChI is InChI=1S/C19H25ClN2O3/c1-17(11-21,14-2-3-14)22-15(23)9-25-16(24)18-5-12-4-13(6-18)8-19(20,7-12)10-18/h12-14H,2-10H2,1H3,(H,22,23)/t12-,13-,17+,18?,19?/m0/s1. The highest BCUT2D eigenvalue weighted by atomic mass is 35.5. The van der Waals surface area contributed by atoms with Gasteiger partial charge in [-0.1, -0.05) is 0 Å². The molecule has 4 bridgehead atoms. The Morgan fingerprint density at radius 2 is 1.92 bits per heavy atom. The molecule has 0 spiro atoms. The molecule has 5 saturated carbocycles. The number of alkyl halides is 1. The van der Waals surface area contributed by atoms with Crippen LogP contribution in [0.3, 0.4) is 0 Å². The van der Waals surface area contributed by atoms with Crippen molar-refractivity contribution >= 4 is 23.5 Å². The zero-order valence-corrected chi connectivity index (χ0v) is 15.4. The summed E-state index contributed by atoms with van der Waals surface area (Å²) in [6, 6.07) is 2.18. The number of ether oxygens (including phenoxy) is 1. The minimum absolute atomic E-state index is 0.205. The summed E-state index contributed by atoms with van der Waals surface area (Å²) < 4.78 is 5.41. The fraction of sp³-hybridized carbons (Fsp3) is 0.842. The lowest BCUT2D eigenvalue weighted by molar-refractivity contribution is -0.172. The summed E-state index contributed by atoms with van der Waals surface area (Å²) in [6.45, 7) is 1.43. The van der Waals surface area contributed by atoms with Crippen LogP contribution in [0, 0.1) is 34.5 Å². The highest BCUT2D eigenvalue weighted by Gasteiger charge is 2.60. The van der Waals surface area contributed by atoms with Crippen LogP contribution in [0.15, 0.2) is 0 Å². The third kappa shape index (κ3) is 3.03. The van der Waals surface area contributed by atoms with E-state index in [-0.39, 0.29) is 23.4 Å². The maximum absolute atomic E-state index is 12.8. The molecule has 0 aromatic heterocycles. The van der Waals surface area contributed by atoms with Gasteiger partial charge in [-0.3, -0.25) is 9.59 Å². The fourth-order valence-electron chi connectivity index (χ4n) is 5.88. The second-order valence-corrected chi connectivity index (χ2v) is 9.91. The van der Waals surface area contributed by atoms with Crippen molar-refractivity contribution in [2.75, 3.05) is 6.61 Å². The van der Waals surface area contributed by atoms with Crippen LogP contribution in [-0.4, -0.2) is 28.9 Å². The lowest BCUT2D eigenvalue weighted by Gasteiger charge is -2.58. The molecule has 5 aliphatic rings. The highest BCUT2D eigenvalue weighted by molar-refractivity contribution is 6.24. The van der Waals surface area contributed by atoms with Gasteiger partial charge in [0, 0.05) is 4.87 Å². The van der Waals surface area contributed by atoms with Crippen LogP contribution in [0.25, 0.3) is 0 Å². The van der Waals surface area contributed by atoms with Crippen molar-refractivity contribution in [1.82, 2.24) is 5.32 Å². The number of carbonyl (C=O) groups is 2. The number of rotatable bonds is 5. The summed E-state index contributed by atoms with van der Waals surface area (Å²) in [6.07, 6.45) is 7.44. The molecule has 0 aliphatic heterocycles. The van der Waals surface area contributed by atoms with E-state index < -0.39 is 16.9 Å². The lowest BCUT2D eigenvalue weighted by atomic mass is 9.49. The molecule has 0 aromatic carbocycles. The number of nitriles is 1. The van der Waals surface area contributed by atoms with E-state index in [4.69, 9.17) is 16.3 Å². The van der Waals surface area contributed by atoms with Gasteiger partial charge in [0.05, 0.1) is 11.5 Å². The van der Waals surface area contributed by atoms with Gasteiger partial charge in [-0.05, 0) is 76.0 Å². The molecule has 0 unspecified atom stereocenters. The largest absolute Gasteiger partial charge is 0.455 e. The predicted octanol–water partition coefficient (Wildman–Crippen LogP) is 2.92. The van der Waals surface area contributed by atoms with Crippen LogP contribution >= 0.6 is 11.6 Å². The number of esters is 1. The molecular formula is C19H25ClN2O3. The SMILES string of the molecule is C[C@](C#N)(NC(=O)COC(=O)C12C[C@@H]3C[C@H](CC(Cl)(C3)C1)C2)C1CC1. The van der Waals surface area contributed by atoms with E-state index >= 15 is 0 Å². The monoisotopic (exact) mass is 364 g/mol. The molecule has 5 fully saturated rings. The molecule has 25 heavy (non-hydrogen) atoms. The molecule has 1 N–H and O–H groups in total. The molecule has 0 heterocycles. The van der Waals surface area contributed by atoms with Crippen molar-refractivity contribution in [1.29, 1.82) is 5.26 Å². The van der Waals surface area contributed by atoms with Crippen LogP contribution < -0.4 is 5.32 Å². The van der Waals surface area contributed by atoms with Gasteiger partial charge in [0.1, 0.15) is 5.54 Å². The summed E-state index contributed by atoms with van der Waals surface area (Å²) in [4.78, 5) is 24.7. The molecule has 6 heteroatoms. The number of nitrogens with zero attached hydrogens (tertiary/aromatic N) is 1. The van der Waals surface area contributed by atoms with E-state index in [2.05, 4.69) is 11.4 Å². The molecule has 3 atom stereocenters. The number of amides is 1. The fourth-order valence-corrected chi connectivity index (χ4v) is 6.57. The Kier molecular flexibility index (Phi) is 3.85. The average Bonchev–Trinajstić information content (AvgIpc) is 3.35. The molecule has 0 aromatic rings. The first-order chi connectivity index (χ1) is 11.8. The minimum atomic E-state index is -0.857. The smallest absolute Gasteiger partial charge is 0.312 e. The van der Waals surface area contributed by atoms with Gasteiger partial charge in [0.2, 0.25) is 0 Å². The number of carbonyl (C=O) groups excluding carboxylic acids is 2. The normalized spacial score (nSPS) is 40.8. The van der Waals surface area contributed by atoms with Gasteiger partial charge >= 0.3 is 5.97 Å². The second-order valence-electron chi connectivity index (χ2n) is 9.10. The summed E-state index contributed by atoms with van der Waals surface area (Å²) in [5, 5.41) is 12.1. The van der Waals surface area contributed by atoms with E-state index in [1.54, 1.807) is 6.92 Å². The molecule has 0 saturated heterocycles. The number of halogens is 1. The second kappa shape index (κ2) is 5.61. The first-order valence-corrected chi connectivity index (χ1v) is 9.72. The van der Waals surface area contributed by atoms with E-state index in [0.717, 1.165) is 38.5 Å².